The van der Waals surface area contributed by atoms with Crippen molar-refractivity contribution in [2.45, 2.75) is 25.0 Å². The van der Waals surface area contributed by atoms with Crippen LogP contribution in [0.2, 0.25) is 10.0 Å². The first kappa shape index (κ1) is 12.1. The third kappa shape index (κ3) is 2.18. The standard InChI is InChI=1S/C11H12Cl2FNO/c12-6-3-4-7(13)9(14)8(6)10(15)11(16)5-1-2-5/h3-5,10-11,16H,1-2,15H2/t10-,11+/m1/s1. The van der Waals surface area contributed by atoms with Gasteiger partial charge in [-0.05, 0) is 30.9 Å². The molecule has 2 rings (SSSR count). The molecule has 0 saturated heterocycles. The largest absolute Gasteiger partial charge is 0.391 e. The highest BCUT2D eigenvalue weighted by Crippen LogP contribution is 2.40. The van der Waals surface area contributed by atoms with Crippen molar-refractivity contribution < 1.29 is 9.50 Å². The summed E-state index contributed by atoms with van der Waals surface area (Å²) in [5, 5.41) is 10.0. The first-order valence-corrected chi connectivity index (χ1v) is 5.85. The molecule has 0 heterocycles. The van der Waals surface area contributed by atoms with E-state index in [1.165, 1.54) is 12.1 Å². The van der Waals surface area contributed by atoms with Crippen LogP contribution in [0.25, 0.3) is 0 Å². The molecule has 0 spiro atoms. The van der Waals surface area contributed by atoms with Gasteiger partial charge in [-0.25, -0.2) is 4.39 Å². The van der Waals surface area contributed by atoms with Gasteiger partial charge in [-0.3, -0.25) is 0 Å². The van der Waals surface area contributed by atoms with E-state index in [2.05, 4.69) is 0 Å². The van der Waals surface area contributed by atoms with Crippen LogP contribution in [0, 0.1) is 11.7 Å². The number of rotatable bonds is 3. The van der Waals surface area contributed by atoms with Crippen LogP contribution < -0.4 is 5.73 Å². The summed E-state index contributed by atoms with van der Waals surface area (Å²) in [6, 6.07) is 2.04. The zero-order chi connectivity index (χ0) is 11.9. The number of aliphatic hydroxyl groups excluding tert-OH is 1. The summed E-state index contributed by atoms with van der Waals surface area (Å²) < 4.78 is 13.7. The van der Waals surface area contributed by atoms with Crippen molar-refractivity contribution in [2.75, 3.05) is 0 Å². The molecule has 3 N–H and O–H groups in total. The normalized spacial score (nSPS) is 19.6. The summed E-state index contributed by atoms with van der Waals surface area (Å²) in [5.74, 6) is -0.481. The highest BCUT2D eigenvalue weighted by molar-refractivity contribution is 6.33. The average molecular weight is 264 g/mol. The second kappa shape index (κ2) is 4.49. The highest BCUT2D eigenvalue weighted by atomic mass is 35.5. The summed E-state index contributed by atoms with van der Waals surface area (Å²) in [6.45, 7) is 0. The Labute approximate surface area is 103 Å². The number of hydrogen-bond acceptors (Lipinski definition) is 2. The Kier molecular flexibility index (Phi) is 3.40. The van der Waals surface area contributed by atoms with Crippen LogP contribution in [0.15, 0.2) is 12.1 Å². The second-order valence-electron chi connectivity index (χ2n) is 4.11. The zero-order valence-electron chi connectivity index (χ0n) is 8.46. The molecule has 1 fully saturated rings. The fourth-order valence-electron chi connectivity index (χ4n) is 1.75. The van der Waals surface area contributed by atoms with Crippen LogP contribution in [0.4, 0.5) is 4.39 Å². The fourth-order valence-corrected chi connectivity index (χ4v) is 2.19. The van der Waals surface area contributed by atoms with Crippen LogP contribution in [0.3, 0.4) is 0 Å². The van der Waals surface area contributed by atoms with E-state index in [4.69, 9.17) is 28.9 Å². The molecule has 1 saturated carbocycles. The molecule has 88 valence electrons. The van der Waals surface area contributed by atoms with E-state index in [0.29, 0.717) is 0 Å². The van der Waals surface area contributed by atoms with Gasteiger partial charge in [0.2, 0.25) is 0 Å². The molecule has 2 atom stereocenters. The van der Waals surface area contributed by atoms with E-state index < -0.39 is 18.0 Å². The highest BCUT2D eigenvalue weighted by Gasteiger charge is 2.36. The van der Waals surface area contributed by atoms with Crippen LogP contribution in [0.1, 0.15) is 24.4 Å². The lowest BCUT2D eigenvalue weighted by molar-refractivity contribution is 0.121. The summed E-state index contributed by atoms with van der Waals surface area (Å²) >= 11 is 11.5. The van der Waals surface area contributed by atoms with Crippen molar-refractivity contribution in [3.05, 3.63) is 33.6 Å². The Balaban J connectivity index is 2.34. The summed E-state index contributed by atoms with van der Waals surface area (Å²) in [7, 11) is 0. The Morgan fingerprint density at radius 1 is 1.31 bits per heavy atom. The van der Waals surface area contributed by atoms with Gasteiger partial charge in [0, 0.05) is 10.6 Å². The molecular weight excluding hydrogens is 252 g/mol. The van der Waals surface area contributed by atoms with Crippen molar-refractivity contribution in [3.8, 4) is 0 Å². The van der Waals surface area contributed by atoms with Gasteiger partial charge in [-0.1, -0.05) is 23.2 Å². The molecular formula is C11H12Cl2FNO. The third-order valence-corrected chi connectivity index (χ3v) is 3.51. The van der Waals surface area contributed by atoms with Crippen molar-refractivity contribution in [1.82, 2.24) is 0 Å². The van der Waals surface area contributed by atoms with E-state index in [-0.39, 0.29) is 21.5 Å². The quantitative estimate of drug-likeness (QED) is 0.824. The van der Waals surface area contributed by atoms with Gasteiger partial charge in [0.15, 0.2) is 0 Å². The number of halogens is 3. The van der Waals surface area contributed by atoms with Crippen molar-refractivity contribution >= 4 is 23.2 Å². The molecule has 1 aliphatic carbocycles. The van der Waals surface area contributed by atoms with Crippen LogP contribution >= 0.6 is 23.2 Å². The van der Waals surface area contributed by atoms with E-state index in [1.54, 1.807) is 0 Å². The van der Waals surface area contributed by atoms with Gasteiger partial charge in [0.05, 0.1) is 17.2 Å². The zero-order valence-corrected chi connectivity index (χ0v) is 9.97. The van der Waals surface area contributed by atoms with Crippen molar-refractivity contribution in [1.29, 1.82) is 0 Å². The van der Waals surface area contributed by atoms with Crippen molar-refractivity contribution in [3.63, 3.8) is 0 Å². The lowest BCUT2D eigenvalue weighted by atomic mass is 9.98. The number of benzene rings is 1. The van der Waals surface area contributed by atoms with E-state index in [0.717, 1.165) is 12.8 Å². The third-order valence-electron chi connectivity index (χ3n) is 2.89. The predicted molar refractivity (Wildman–Crippen MR) is 62.1 cm³/mol. The summed E-state index contributed by atoms with van der Waals surface area (Å²) in [5.41, 5.74) is 5.92. The van der Waals surface area contributed by atoms with Crippen molar-refractivity contribution in [2.24, 2.45) is 11.7 Å². The van der Waals surface area contributed by atoms with E-state index in [9.17, 15) is 9.50 Å². The van der Waals surface area contributed by atoms with Gasteiger partial charge < -0.3 is 10.8 Å². The Morgan fingerprint density at radius 2 is 1.88 bits per heavy atom. The molecule has 1 aliphatic rings. The number of aliphatic hydroxyl groups is 1. The van der Waals surface area contributed by atoms with Gasteiger partial charge in [-0.2, -0.15) is 0 Å². The van der Waals surface area contributed by atoms with Gasteiger partial charge in [0.25, 0.3) is 0 Å². The minimum absolute atomic E-state index is 0.0298. The monoisotopic (exact) mass is 263 g/mol. The van der Waals surface area contributed by atoms with Gasteiger partial charge in [-0.15, -0.1) is 0 Å². The molecule has 0 bridgehead atoms. The average Bonchev–Trinajstić information content (AvgIpc) is 3.06. The molecule has 16 heavy (non-hydrogen) atoms. The molecule has 0 aliphatic heterocycles. The minimum atomic E-state index is -0.821. The molecule has 1 aromatic rings. The van der Waals surface area contributed by atoms with Crippen LogP contribution in [0.5, 0.6) is 0 Å². The SMILES string of the molecule is N[C@H](c1c(Cl)ccc(Cl)c1F)[C@@H](O)C1CC1. The number of nitrogens with two attached hydrogens (primary N) is 1. The second-order valence-corrected chi connectivity index (χ2v) is 4.93. The predicted octanol–water partition coefficient (Wildman–Crippen LogP) is 2.90. The van der Waals surface area contributed by atoms with E-state index in [1.807, 2.05) is 0 Å². The molecule has 1 aromatic carbocycles. The van der Waals surface area contributed by atoms with Gasteiger partial charge in [0.1, 0.15) is 5.82 Å². The Morgan fingerprint density at radius 3 is 2.44 bits per heavy atom. The molecule has 2 nitrogen and oxygen atoms in total. The Hall–Kier alpha value is -0.350. The molecule has 0 aromatic heterocycles. The summed E-state index contributed by atoms with van der Waals surface area (Å²) in [4.78, 5) is 0. The molecule has 0 unspecified atom stereocenters. The maximum Gasteiger partial charge on any atom is 0.148 e. The number of hydrogen-bond donors (Lipinski definition) is 2. The topological polar surface area (TPSA) is 46.2 Å². The molecule has 5 heteroatoms. The Bertz CT molecular complexity index is 409. The van der Waals surface area contributed by atoms with Crippen LogP contribution in [-0.4, -0.2) is 11.2 Å². The summed E-state index contributed by atoms with van der Waals surface area (Å²) in [6.07, 6.45) is 1.09. The fraction of sp³-hybridized carbons (Fsp3) is 0.455. The maximum atomic E-state index is 13.7. The first-order valence-electron chi connectivity index (χ1n) is 5.09. The van der Waals surface area contributed by atoms with Crippen LogP contribution in [-0.2, 0) is 0 Å². The molecule has 0 radical (unpaired) electrons. The van der Waals surface area contributed by atoms with Gasteiger partial charge >= 0.3 is 0 Å². The van der Waals surface area contributed by atoms with E-state index >= 15 is 0 Å². The maximum absolute atomic E-state index is 13.7. The first-order chi connectivity index (χ1) is 7.52. The lowest BCUT2D eigenvalue weighted by Gasteiger charge is -2.20. The lowest BCUT2D eigenvalue weighted by Crippen LogP contribution is -2.29. The molecule has 0 amide bonds. The smallest absolute Gasteiger partial charge is 0.148 e. The minimum Gasteiger partial charge on any atom is -0.391 e.